The molecule has 0 aromatic heterocycles. The molecule has 2 aromatic carbocycles. The molecule has 2 rings (SSSR count). The van der Waals surface area contributed by atoms with E-state index in [0.29, 0.717) is 18.7 Å². The molecule has 0 bridgehead atoms. The number of benzene rings is 2. The van der Waals surface area contributed by atoms with Gasteiger partial charge in [0.1, 0.15) is 6.04 Å². The monoisotopic (exact) mass is 515 g/mol. The van der Waals surface area contributed by atoms with E-state index in [1.54, 1.807) is 17.9 Å². The fraction of sp³-hybridized carbons (Fsp3) is 0.500. The Morgan fingerprint density at radius 1 is 1.00 bits per heavy atom. The summed E-state index contributed by atoms with van der Waals surface area (Å²) in [7, 11) is -3.52. The van der Waals surface area contributed by atoms with Crippen molar-refractivity contribution in [1.82, 2.24) is 10.2 Å². The van der Waals surface area contributed by atoms with Gasteiger partial charge < -0.3 is 10.2 Å². The van der Waals surface area contributed by atoms with E-state index in [-0.39, 0.29) is 30.8 Å². The van der Waals surface area contributed by atoms with Crippen LogP contribution in [0.25, 0.3) is 0 Å². The number of carbonyl (C=O) groups is 2. The van der Waals surface area contributed by atoms with Crippen LogP contribution in [-0.2, 0) is 26.2 Å². The lowest BCUT2D eigenvalue weighted by atomic mass is 10.1. The molecule has 0 saturated carbocycles. The van der Waals surface area contributed by atoms with Crippen molar-refractivity contribution < 1.29 is 18.0 Å². The second kappa shape index (κ2) is 12.9. The minimum Gasteiger partial charge on any atom is -0.352 e. The minimum atomic E-state index is -3.52. The minimum absolute atomic E-state index is 0.0113. The van der Waals surface area contributed by atoms with Crippen molar-refractivity contribution >= 4 is 27.5 Å². The summed E-state index contributed by atoms with van der Waals surface area (Å²) in [5.41, 5.74) is 4.70. The lowest BCUT2D eigenvalue weighted by Crippen LogP contribution is -2.49. The number of aryl methyl sites for hydroxylation is 3. The predicted molar refractivity (Wildman–Crippen MR) is 146 cm³/mol. The molecule has 7 nitrogen and oxygen atoms in total. The summed E-state index contributed by atoms with van der Waals surface area (Å²) in [5, 5.41) is 2.97. The Kier molecular flexibility index (Phi) is 10.5. The van der Waals surface area contributed by atoms with Crippen LogP contribution in [0.3, 0.4) is 0 Å². The molecule has 0 aliphatic carbocycles. The third-order valence-corrected chi connectivity index (χ3v) is 7.73. The van der Waals surface area contributed by atoms with E-state index in [1.165, 1.54) is 10.6 Å². The molecule has 0 heterocycles. The first-order valence-electron chi connectivity index (χ1n) is 12.5. The zero-order valence-corrected chi connectivity index (χ0v) is 23.5. The van der Waals surface area contributed by atoms with Gasteiger partial charge >= 0.3 is 0 Å². The third kappa shape index (κ3) is 8.36. The third-order valence-electron chi connectivity index (χ3n) is 6.53. The first-order chi connectivity index (χ1) is 16.8. The van der Waals surface area contributed by atoms with E-state index in [9.17, 15) is 18.0 Å². The van der Waals surface area contributed by atoms with E-state index in [1.807, 2.05) is 71.0 Å². The van der Waals surface area contributed by atoms with Crippen molar-refractivity contribution in [2.75, 3.05) is 17.1 Å². The van der Waals surface area contributed by atoms with Gasteiger partial charge in [-0.25, -0.2) is 8.42 Å². The molecular weight excluding hydrogens is 474 g/mol. The zero-order valence-electron chi connectivity index (χ0n) is 22.7. The number of nitrogens with zero attached hydrogens (tertiary/aromatic N) is 2. The zero-order chi connectivity index (χ0) is 27.0. The molecule has 2 aromatic rings. The Bertz CT molecular complexity index is 1160. The Labute approximate surface area is 216 Å². The molecule has 0 spiro atoms. The van der Waals surface area contributed by atoms with Gasteiger partial charge in [-0.15, -0.1) is 0 Å². The number of carbonyl (C=O) groups excluding carboxylic acids is 2. The average molecular weight is 516 g/mol. The highest BCUT2D eigenvalue weighted by Gasteiger charge is 2.27. The van der Waals surface area contributed by atoms with Crippen LogP contribution < -0.4 is 9.62 Å². The van der Waals surface area contributed by atoms with Crippen LogP contribution in [0.1, 0.15) is 62.3 Å². The van der Waals surface area contributed by atoms with E-state index in [2.05, 4.69) is 5.32 Å². The van der Waals surface area contributed by atoms with Crippen molar-refractivity contribution in [2.45, 2.75) is 79.4 Å². The fourth-order valence-corrected chi connectivity index (χ4v) is 4.90. The SMILES string of the molecule is CC[C@@H](C)NC(=O)[C@H](C)N(Cc1cccc(C)c1)C(=O)CCCN(c1ccc(C)c(C)c1)S(C)(=O)=O. The molecule has 0 fully saturated rings. The molecule has 0 aliphatic heterocycles. The Morgan fingerprint density at radius 2 is 1.69 bits per heavy atom. The molecule has 1 N–H and O–H groups in total. The van der Waals surface area contributed by atoms with Gasteiger partial charge in [0.15, 0.2) is 0 Å². The highest BCUT2D eigenvalue weighted by atomic mass is 32.2. The van der Waals surface area contributed by atoms with Gasteiger partial charge in [0.2, 0.25) is 21.8 Å². The maximum atomic E-state index is 13.4. The Hall–Kier alpha value is -2.87. The molecular formula is C28H41N3O4S. The summed E-state index contributed by atoms with van der Waals surface area (Å²) < 4.78 is 26.4. The van der Waals surface area contributed by atoms with Crippen LogP contribution in [0.4, 0.5) is 5.69 Å². The van der Waals surface area contributed by atoms with Gasteiger partial charge in [0, 0.05) is 25.6 Å². The molecule has 0 radical (unpaired) electrons. The maximum Gasteiger partial charge on any atom is 0.242 e. The summed E-state index contributed by atoms with van der Waals surface area (Å²) in [6, 6.07) is 12.8. The smallest absolute Gasteiger partial charge is 0.242 e. The summed E-state index contributed by atoms with van der Waals surface area (Å²) >= 11 is 0. The van der Waals surface area contributed by atoms with Gasteiger partial charge in [-0.1, -0.05) is 42.8 Å². The number of anilines is 1. The number of rotatable bonds is 12. The number of hydrogen-bond donors (Lipinski definition) is 1. The van der Waals surface area contributed by atoms with Crippen LogP contribution in [0.15, 0.2) is 42.5 Å². The Balaban J connectivity index is 2.19. The predicted octanol–water partition coefficient (Wildman–Crippen LogP) is 4.49. The topological polar surface area (TPSA) is 86.8 Å². The lowest BCUT2D eigenvalue weighted by molar-refractivity contribution is -0.140. The first kappa shape index (κ1) is 29.4. The average Bonchev–Trinajstić information content (AvgIpc) is 2.80. The van der Waals surface area contributed by atoms with E-state index in [0.717, 1.165) is 28.7 Å². The van der Waals surface area contributed by atoms with Gasteiger partial charge in [-0.05, 0) is 76.3 Å². The standard InChI is InChI=1S/C28H41N3O4S/c1-8-23(5)29-28(33)24(6)30(19-25-12-9-11-20(2)17-25)27(32)13-10-16-31(36(7,34)35)26-15-14-21(3)22(4)18-26/h9,11-12,14-15,17-18,23-24H,8,10,13,16,19H2,1-7H3,(H,29,33)/t23-,24+/m1/s1. The highest BCUT2D eigenvalue weighted by Crippen LogP contribution is 2.22. The summed E-state index contributed by atoms with van der Waals surface area (Å²) in [5.74, 6) is -0.380. The van der Waals surface area contributed by atoms with Gasteiger partial charge in [-0.2, -0.15) is 0 Å². The van der Waals surface area contributed by atoms with E-state index in [4.69, 9.17) is 0 Å². The molecule has 198 valence electrons. The molecule has 36 heavy (non-hydrogen) atoms. The van der Waals surface area contributed by atoms with Crippen molar-refractivity contribution in [2.24, 2.45) is 0 Å². The second-order valence-corrected chi connectivity index (χ2v) is 11.6. The van der Waals surface area contributed by atoms with Crippen molar-refractivity contribution in [3.63, 3.8) is 0 Å². The van der Waals surface area contributed by atoms with Crippen molar-refractivity contribution in [3.8, 4) is 0 Å². The van der Waals surface area contributed by atoms with Crippen LogP contribution in [0.5, 0.6) is 0 Å². The molecule has 8 heteroatoms. The fourth-order valence-electron chi connectivity index (χ4n) is 3.94. The molecule has 2 amide bonds. The summed E-state index contributed by atoms with van der Waals surface area (Å²) in [4.78, 5) is 27.8. The van der Waals surface area contributed by atoms with Crippen molar-refractivity contribution in [1.29, 1.82) is 0 Å². The maximum absolute atomic E-state index is 13.4. The van der Waals surface area contributed by atoms with Crippen molar-refractivity contribution in [3.05, 3.63) is 64.7 Å². The van der Waals surface area contributed by atoms with Crippen LogP contribution >= 0.6 is 0 Å². The molecule has 0 saturated heterocycles. The Morgan fingerprint density at radius 3 is 2.28 bits per heavy atom. The van der Waals surface area contributed by atoms with Crippen LogP contribution in [0, 0.1) is 20.8 Å². The van der Waals surface area contributed by atoms with Gasteiger partial charge in [0.05, 0.1) is 11.9 Å². The second-order valence-electron chi connectivity index (χ2n) is 9.71. The highest BCUT2D eigenvalue weighted by molar-refractivity contribution is 7.92. The van der Waals surface area contributed by atoms with E-state index < -0.39 is 16.1 Å². The summed E-state index contributed by atoms with van der Waals surface area (Å²) in [6.07, 6.45) is 2.44. The number of amides is 2. The lowest BCUT2D eigenvalue weighted by Gasteiger charge is -2.30. The van der Waals surface area contributed by atoms with E-state index >= 15 is 0 Å². The number of hydrogen-bond acceptors (Lipinski definition) is 4. The molecule has 0 aliphatic rings. The summed E-state index contributed by atoms with van der Waals surface area (Å²) in [6.45, 7) is 12.1. The van der Waals surface area contributed by atoms with Crippen LogP contribution in [-0.4, -0.2) is 50.0 Å². The molecule has 0 unspecified atom stereocenters. The molecule has 2 atom stereocenters. The van der Waals surface area contributed by atoms with Gasteiger partial charge in [0.25, 0.3) is 0 Å². The van der Waals surface area contributed by atoms with Crippen LogP contribution in [0.2, 0.25) is 0 Å². The number of nitrogens with one attached hydrogen (secondary N) is 1. The largest absolute Gasteiger partial charge is 0.352 e. The number of sulfonamides is 1. The quantitative estimate of drug-likeness (QED) is 0.451. The van der Waals surface area contributed by atoms with Gasteiger partial charge in [-0.3, -0.25) is 13.9 Å². The first-order valence-corrected chi connectivity index (χ1v) is 14.4. The normalized spacial score (nSPS) is 13.1.